The lowest BCUT2D eigenvalue weighted by Gasteiger charge is -2.11. The number of benzene rings is 2. The molecule has 0 bridgehead atoms. The SMILES string of the molecule is Cc1cccc(OCc2nnc(SCC(=O)Nc3c(C)cc(C)cc3Cl)o2)c1. The molecule has 1 amide bonds. The van der Waals surface area contributed by atoms with Crippen LogP contribution in [0.5, 0.6) is 5.75 Å². The Morgan fingerprint density at radius 1 is 1.18 bits per heavy atom. The van der Waals surface area contributed by atoms with E-state index in [1.165, 1.54) is 0 Å². The lowest BCUT2D eigenvalue weighted by atomic mass is 10.1. The number of thioether (sulfide) groups is 1. The maximum atomic E-state index is 12.2. The number of carbonyl (C=O) groups is 1. The zero-order chi connectivity index (χ0) is 20.1. The molecule has 0 aliphatic heterocycles. The van der Waals surface area contributed by atoms with Gasteiger partial charge in [-0.15, -0.1) is 10.2 Å². The molecule has 1 heterocycles. The summed E-state index contributed by atoms with van der Waals surface area (Å²) < 4.78 is 11.1. The van der Waals surface area contributed by atoms with Gasteiger partial charge < -0.3 is 14.5 Å². The molecule has 0 atom stereocenters. The first-order valence-corrected chi connectivity index (χ1v) is 9.98. The number of ether oxygens (including phenoxy) is 1. The predicted molar refractivity (Wildman–Crippen MR) is 110 cm³/mol. The molecule has 1 N–H and O–H groups in total. The first-order valence-electron chi connectivity index (χ1n) is 8.62. The van der Waals surface area contributed by atoms with Crippen molar-refractivity contribution in [3.63, 3.8) is 0 Å². The summed E-state index contributed by atoms with van der Waals surface area (Å²) in [6.07, 6.45) is 0. The van der Waals surface area contributed by atoms with Gasteiger partial charge in [0, 0.05) is 0 Å². The van der Waals surface area contributed by atoms with Crippen molar-refractivity contribution in [2.45, 2.75) is 32.6 Å². The highest BCUT2D eigenvalue weighted by molar-refractivity contribution is 7.99. The van der Waals surface area contributed by atoms with Gasteiger partial charge in [-0.2, -0.15) is 0 Å². The molecule has 2 aromatic carbocycles. The van der Waals surface area contributed by atoms with Crippen LogP contribution in [0.4, 0.5) is 5.69 Å². The Balaban J connectivity index is 1.51. The highest BCUT2D eigenvalue weighted by atomic mass is 35.5. The van der Waals surface area contributed by atoms with Gasteiger partial charge in [0.1, 0.15) is 5.75 Å². The molecular formula is C20H20ClN3O3S. The van der Waals surface area contributed by atoms with Crippen molar-refractivity contribution in [1.29, 1.82) is 0 Å². The third-order valence-corrected chi connectivity index (χ3v) is 4.94. The van der Waals surface area contributed by atoms with Gasteiger partial charge in [-0.05, 0) is 55.7 Å². The quantitative estimate of drug-likeness (QED) is 0.547. The van der Waals surface area contributed by atoms with Crippen molar-refractivity contribution in [3.8, 4) is 5.75 Å². The standard InChI is InChI=1S/C20H20ClN3O3S/c1-12-5-4-6-15(8-12)26-10-18-23-24-20(27-18)28-11-17(25)22-19-14(3)7-13(2)9-16(19)21/h4-9H,10-11H2,1-3H3,(H,22,25). The number of hydrogen-bond acceptors (Lipinski definition) is 6. The minimum Gasteiger partial charge on any atom is -0.484 e. The monoisotopic (exact) mass is 417 g/mol. The number of rotatable bonds is 7. The number of nitrogens with zero attached hydrogens (tertiary/aromatic N) is 2. The summed E-state index contributed by atoms with van der Waals surface area (Å²) in [4.78, 5) is 12.2. The molecule has 1 aromatic heterocycles. The van der Waals surface area contributed by atoms with Crippen LogP contribution in [-0.2, 0) is 11.4 Å². The van der Waals surface area contributed by atoms with Crippen LogP contribution < -0.4 is 10.1 Å². The summed E-state index contributed by atoms with van der Waals surface area (Å²) in [6.45, 7) is 6.02. The molecule has 0 radical (unpaired) electrons. The molecule has 3 aromatic rings. The number of anilines is 1. The van der Waals surface area contributed by atoms with Gasteiger partial charge in [0.05, 0.1) is 16.5 Å². The Bertz CT molecular complexity index is 967. The second-order valence-electron chi connectivity index (χ2n) is 6.34. The highest BCUT2D eigenvalue weighted by Crippen LogP contribution is 2.28. The molecular weight excluding hydrogens is 398 g/mol. The molecule has 0 unspecified atom stereocenters. The van der Waals surface area contributed by atoms with Crippen molar-refractivity contribution in [3.05, 3.63) is 64.0 Å². The van der Waals surface area contributed by atoms with Gasteiger partial charge >= 0.3 is 0 Å². The maximum Gasteiger partial charge on any atom is 0.277 e. The fourth-order valence-corrected chi connectivity index (χ4v) is 3.53. The van der Waals surface area contributed by atoms with Crippen molar-refractivity contribution in [1.82, 2.24) is 10.2 Å². The van der Waals surface area contributed by atoms with Crippen molar-refractivity contribution >= 4 is 35.0 Å². The molecule has 0 aliphatic rings. The predicted octanol–water partition coefficient (Wildman–Crippen LogP) is 4.96. The Labute approximate surface area is 172 Å². The van der Waals surface area contributed by atoms with Crippen molar-refractivity contribution in [2.24, 2.45) is 0 Å². The van der Waals surface area contributed by atoms with E-state index in [9.17, 15) is 4.79 Å². The third kappa shape index (κ3) is 5.50. The fraction of sp³-hybridized carbons (Fsp3) is 0.250. The molecule has 0 spiro atoms. The van der Waals surface area contributed by atoms with E-state index >= 15 is 0 Å². The molecule has 0 fully saturated rings. The number of aryl methyl sites for hydroxylation is 3. The lowest BCUT2D eigenvalue weighted by molar-refractivity contribution is -0.113. The average molecular weight is 418 g/mol. The summed E-state index contributed by atoms with van der Waals surface area (Å²) in [7, 11) is 0. The summed E-state index contributed by atoms with van der Waals surface area (Å²) >= 11 is 7.37. The summed E-state index contributed by atoms with van der Waals surface area (Å²) in [6, 6.07) is 11.5. The van der Waals surface area contributed by atoms with Gasteiger partial charge in [-0.25, -0.2) is 0 Å². The van der Waals surface area contributed by atoms with Crippen LogP contribution in [0, 0.1) is 20.8 Å². The zero-order valence-electron chi connectivity index (χ0n) is 15.8. The zero-order valence-corrected chi connectivity index (χ0v) is 17.4. The second kappa shape index (κ2) is 9.12. The van der Waals surface area contributed by atoms with Crippen LogP contribution in [0.2, 0.25) is 5.02 Å². The molecule has 146 valence electrons. The van der Waals surface area contributed by atoms with E-state index in [0.717, 1.165) is 34.2 Å². The van der Waals surface area contributed by atoms with Crippen molar-refractivity contribution < 1.29 is 13.9 Å². The first-order chi connectivity index (χ1) is 13.4. The lowest BCUT2D eigenvalue weighted by Crippen LogP contribution is -2.15. The average Bonchev–Trinajstić information content (AvgIpc) is 3.09. The van der Waals surface area contributed by atoms with E-state index in [-0.39, 0.29) is 18.3 Å². The Kier molecular flexibility index (Phi) is 6.59. The topological polar surface area (TPSA) is 77.2 Å². The van der Waals surface area contributed by atoms with Crippen LogP contribution in [0.15, 0.2) is 46.0 Å². The number of nitrogens with one attached hydrogen (secondary N) is 1. The molecule has 6 nitrogen and oxygen atoms in total. The van der Waals surface area contributed by atoms with Gasteiger partial charge in [0.15, 0.2) is 6.61 Å². The number of carbonyl (C=O) groups excluding carboxylic acids is 1. The first kappa shape index (κ1) is 20.2. The Morgan fingerprint density at radius 2 is 2.00 bits per heavy atom. The van der Waals surface area contributed by atoms with Gasteiger partial charge in [0.2, 0.25) is 5.91 Å². The largest absolute Gasteiger partial charge is 0.484 e. The van der Waals surface area contributed by atoms with Crippen LogP contribution in [0.1, 0.15) is 22.6 Å². The van der Waals surface area contributed by atoms with E-state index in [0.29, 0.717) is 21.8 Å². The molecule has 28 heavy (non-hydrogen) atoms. The van der Waals surface area contributed by atoms with E-state index < -0.39 is 0 Å². The smallest absolute Gasteiger partial charge is 0.277 e. The highest BCUT2D eigenvalue weighted by Gasteiger charge is 2.13. The van der Waals surface area contributed by atoms with Gasteiger partial charge in [0.25, 0.3) is 11.1 Å². The molecule has 0 saturated carbocycles. The minimum absolute atomic E-state index is 0.129. The Hall–Kier alpha value is -2.51. The molecule has 8 heteroatoms. The van der Waals surface area contributed by atoms with Crippen LogP contribution in [0.3, 0.4) is 0 Å². The maximum absolute atomic E-state index is 12.2. The third-order valence-electron chi connectivity index (χ3n) is 3.82. The van der Waals surface area contributed by atoms with Crippen LogP contribution in [0.25, 0.3) is 0 Å². The number of amides is 1. The molecule has 0 saturated heterocycles. The van der Waals surface area contributed by atoms with Crippen molar-refractivity contribution in [2.75, 3.05) is 11.1 Å². The normalized spacial score (nSPS) is 10.7. The van der Waals surface area contributed by atoms with Gasteiger partial charge in [-0.1, -0.05) is 41.6 Å². The van der Waals surface area contributed by atoms with E-state index in [2.05, 4.69) is 15.5 Å². The molecule has 3 rings (SSSR count). The van der Waals surface area contributed by atoms with E-state index in [4.69, 9.17) is 20.8 Å². The fourth-order valence-electron chi connectivity index (χ4n) is 2.58. The molecule has 0 aliphatic carbocycles. The van der Waals surface area contributed by atoms with E-state index in [1.54, 1.807) is 0 Å². The van der Waals surface area contributed by atoms with Crippen LogP contribution in [-0.4, -0.2) is 21.9 Å². The number of halogens is 1. The summed E-state index contributed by atoms with van der Waals surface area (Å²) in [5, 5.41) is 11.5. The van der Waals surface area contributed by atoms with Gasteiger partial charge in [-0.3, -0.25) is 4.79 Å². The Morgan fingerprint density at radius 3 is 2.75 bits per heavy atom. The minimum atomic E-state index is -0.199. The summed E-state index contributed by atoms with van der Waals surface area (Å²) in [5.74, 6) is 1.01. The van der Waals surface area contributed by atoms with Crippen LogP contribution >= 0.6 is 23.4 Å². The number of hydrogen-bond donors (Lipinski definition) is 1. The summed E-state index contributed by atoms with van der Waals surface area (Å²) in [5.41, 5.74) is 3.68. The second-order valence-corrected chi connectivity index (χ2v) is 7.68. The van der Waals surface area contributed by atoms with E-state index in [1.807, 2.05) is 57.2 Å². The number of aromatic nitrogens is 2.